The highest BCUT2D eigenvalue weighted by molar-refractivity contribution is 7.91. The van der Waals surface area contributed by atoms with Crippen molar-refractivity contribution >= 4 is 50.5 Å². The van der Waals surface area contributed by atoms with Crippen molar-refractivity contribution in [1.82, 2.24) is 9.97 Å². The molecule has 1 fully saturated rings. The van der Waals surface area contributed by atoms with Gasteiger partial charge in [0.2, 0.25) is 5.95 Å². The van der Waals surface area contributed by atoms with E-state index < -0.39 is 9.84 Å². The molecule has 2 heterocycles. The first-order chi connectivity index (χ1) is 10.9. The standard InChI is InChI=1S/C14H14Cl2N4O2S/c15-9-5-10(16)7-12(6-9)19-14-17-3-1-13(20-14)18-11-2-4-23(21,22)8-11/h1,3,5-7,11H,2,4,8H2,(H2,17,18,19,20). The highest BCUT2D eigenvalue weighted by atomic mass is 35.5. The van der Waals surface area contributed by atoms with E-state index in [-0.39, 0.29) is 17.5 Å². The van der Waals surface area contributed by atoms with E-state index in [0.29, 0.717) is 33.9 Å². The summed E-state index contributed by atoms with van der Waals surface area (Å²) >= 11 is 11.9. The second kappa shape index (κ2) is 6.51. The lowest BCUT2D eigenvalue weighted by molar-refractivity contribution is 0.602. The van der Waals surface area contributed by atoms with Crippen molar-refractivity contribution in [3.05, 3.63) is 40.5 Å². The fourth-order valence-electron chi connectivity index (χ4n) is 2.37. The van der Waals surface area contributed by atoms with Gasteiger partial charge in [-0.2, -0.15) is 4.98 Å². The van der Waals surface area contributed by atoms with Gasteiger partial charge in [0.1, 0.15) is 5.82 Å². The van der Waals surface area contributed by atoms with Gasteiger partial charge in [0, 0.05) is 28.0 Å². The molecule has 1 aromatic heterocycles. The number of anilines is 3. The first-order valence-corrected chi connectivity index (χ1v) is 9.50. The maximum Gasteiger partial charge on any atom is 0.229 e. The third kappa shape index (κ3) is 4.46. The van der Waals surface area contributed by atoms with Crippen LogP contribution in [0.4, 0.5) is 17.5 Å². The summed E-state index contributed by atoms with van der Waals surface area (Å²) in [5, 5.41) is 7.15. The summed E-state index contributed by atoms with van der Waals surface area (Å²) in [6, 6.07) is 6.62. The summed E-state index contributed by atoms with van der Waals surface area (Å²) < 4.78 is 23.0. The zero-order valence-corrected chi connectivity index (χ0v) is 14.3. The molecule has 6 nitrogen and oxygen atoms in total. The van der Waals surface area contributed by atoms with E-state index >= 15 is 0 Å². The first-order valence-electron chi connectivity index (χ1n) is 6.93. The van der Waals surface area contributed by atoms with Gasteiger partial charge in [0.25, 0.3) is 0 Å². The SMILES string of the molecule is O=S1(=O)CCC(Nc2ccnc(Nc3cc(Cl)cc(Cl)c3)n2)C1. The Bertz CT molecular complexity index is 809. The molecule has 23 heavy (non-hydrogen) atoms. The Balaban J connectivity index is 1.72. The summed E-state index contributed by atoms with van der Waals surface area (Å²) in [6.45, 7) is 0. The number of sulfone groups is 1. The van der Waals surface area contributed by atoms with E-state index in [1.807, 2.05) is 0 Å². The van der Waals surface area contributed by atoms with Crippen LogP contribution in [0.25, 0.3) is 0 Å². The molecule has 1 atom stereocenters. The lowest BCUT2D eigenvalue weighted by Crippen LogP contribution is -2.21. The van der Waals surface area contributed by atoms with Crippen LogP contribution in [-0.4, -0.2) is 35.9 Å². The minimum Gasteiger partial charge on any atom is -0.366 e. The molecule has 1 unspecified atom stereocenters. The predicted molar refractivity (Wildman–Crippen MR) is 92.5 cm³/mol. The van der Waals surface area contributed by atoms with E-state index in [1.54, 1.807) is 30.5 Å². The molecule has 0 aliphatic carbocycles. The Labute approximate surface area is 144 Å². The molecule has 1 saturated heterocycles. The lowest BCUT2D eigenvalue weighted by Gasteiger charge is -2.12. The minimum atomic E-state index is -2.93. The number of aromatic nitrogens is 2. The predicted octanol–water partition coefficient (Wildman–Crippen LogP) is 3.13. The van der Waals surface area contributed by atoms with Crippen molar-refractivity contribution in [2.24, 2.45) is 0 Å². The van der Waals surface area contributed by atoms with E-state index in [4.69, 9.17) is 23.2 Å². The molecule has 0 spiro atoms. The lowest BCUT2D eigenvalue weighted by atomic mass is 10.2. The number of hydrogen-bond donors (Lipinski definition) is 2. The van der Waals surface area contributed by atoms with Gasteiger partial charge in [-0.15, -0.1) is 0 Å². The van der Waals surface area contributed by atoms with Crippen molar-refractivity contribution in [2.45, 2.75) is 12.5 Å². The van der Waals surface area contributed by atoms with Crippen LogP contribution in [-0.2, 0) is 9.84 Å². The van der Waals surface area contributed by atoms with Crippen LogP contribution < -0.4 is 10.6 Å². The molecule has 2 N–H and O–H groups in total. The van der Waals surface area contributed by atoms with Crippen molar-refractivity contribution in [2.75, 3.05) is 22.1 Å². The van der Waals surface area contributed by atoms with Crippen LogP contribution in [0, 0.1) is 0 Å². The van der Waals surface area contributed by atoms with Crippen molar-refractivity contribution in [1.29, 1.82) is 0 Å². The topological polar surface area (TPSA) is 84.0 Å². The molecule has 2 aromatic rings. The Morgan fingerprint density at radius 1 is 1.17 bits per heavy atom. The van der Waals surface area contributed by atoms with Gasteiger partial charge in [-0.3, -0.25) is 0 Å². The van der Waals surface area contributed by atoms with Crippen LogP contribution in [0.5, 0.6) is 0 Å². The zero-order chi connectivity index (χ0) is 16.4. The molecule has 0 bridgehead atoms. The van der Waals surface area contributed by atoms with E-state index in [0.717, 1.165) is 0 Å². The maximum atomic E-state index is 11.5. The molecule has 1 aliphatic rings. The summed E-state index contributed by atoms with van der Waals surface area (Å²) in [5.74, 6) is 1.28. The smallest absolute Gasteiger partial charge is 0.229 e. The third-order valence-electron chi connectivity index (χ3n) is 3.36. The van der Waals surface area contributed by atoms with Crippen molar-refractivity contribution in [3.8, 4) is 0 Å². The van der Waals surface area contributed by atoms with Gasteiger partial charge in [-0.05, 0) is 30.7 Å². The number of hydrogen-bond acceptors (Lipinski definition) is 6. The largest absolute Gasteiger partial charge is 0.366 e. The fraction of sp³-hybridized carbons (Fsp3) is 0.286. The summed E-state index contributed by atoms with van der Waals surface area (Å²) in [7, 11) is -2.93. The van der Waals surface area contributed by atoms with Crippen molar-refractivity contribution < 1.29 is 8.42 Å². The molecule has 3 rings (SSSR count). The molecule has 0 amide bonds. The molecule has 1 aromatic carbocycles. The number of halogens is 2. The van der Waals surface area contributed by atoms with Gasteiger partial charge in [-0.25, -0.2) is 13.4 Å². The van der Waals surface area contributed by atoms with E-state index in [2.05, 4.69) is 20.6 Å². The molecule has 1 aliphatic heterocycles. The molecule has 0 radical (unpaired) electrons. The van der Waals surface area contributed by atoms with Crippen LogP contribution in [0.1, 0.15) is 6.42 Å². The van der Waals surface area contributed by atoms with Crippen LogP contribution >= 0.6 is 23.2 Å². The molecular weight excluding hydrogens is 359 g/mol. The fourth-order valence-corrected chi connectivity index (χ4v) is 4.57. The Morgan fingerprint density at radius 2 is 1.91 bits per heavy atom. The summed E-state index contributed by atoms with van der Waals surface area (Å²) in [5.41, 5.74) is 0.670. The first kappa shape index (κ1) is 16.3. The molecular formula is C14H14Cl2N4O2S. The van der Waals surface area contributed by atoms with Gasteiger partial charge in [-0.1, -0.05) is 23.2 Å². The van der Waals surface area contributed by atoms with Crippen LogP contribution in [0.3, 0.4) is 0 Å². The zero-order valence-electron chi connectivity index (χ0n) is 12.0. The third-order valence-corrected chi connectivity index (χ3v) is 5.56. The summed E-state index contributed by atoms with van der Waals surface area (Å²) in [4.78, 5) is 8.45. The van der Waals surface area contributed by atoms with Gasteiger partial charge in [0.15, 0.2) is 9.84 Å². The van der Waals surface area contributed by atoms with Gasteiger partial charge < -0.3 is 10.6 Å². The average molecular weight is 373 g/mol. The van der Waals surface area contributed by atoms with Gasteiger partial charge in [0.05, 0.1) is 11.5 Å². The number of rotatable bonds is 4. The van der Waals surface area contributed by atoms with E-state index in [1.165, 1.54) is 0 Å². The average Bonchev–Trinajstić information content (AvgIpc) is 2.77. The normalized spacial score (nSPS) is 19.5. The Hall–Kier alpha value is -1.57. The highest BCUT2D eigenvalue weighted by Crippen LogP contribution is 2.24. The van der Waals surface area contributed by atoms with Crippen molar-refractivity contribution in [3.63, 3.8) is 0 Å². The van der Waals surface area contributed by atoms with Crippen LogP contribution in [0.15, 0.2) is 30.5 Å². The molecule has 122 valence electrons. The quantitative estimate of drug-likeness (QED) is 0.857. The monoisotopic (exact) mass is 372 g/mol. The maximum absolute atomic E-state index is 11.5. The number of nitrogens with one attached hydrogen (secondary N) is 2. The molecule has 9 heteroatoms. The second-order valence-electron chi connectivity index (χ2n) is 5.29. The van der Waals surface area contributed by atoms with Gasteiger partial charge >= 0.3 is 0 Å². The number of benzene rings is 1. The summed E-state index contributed by atoms with van der Waals surface area (Å²) in [6.07, 6.45) is 2.17. The second-order valence-corrected chi connectivity index (χ2v) is 8.39. The van der Waals surface area contributed by atoms with Crippen LogP contribution in [0.2, 0.25) is 10.0 Å². The Morgan fingerprint density at radius 3 is 2.57 bits per heavy atom. The minimum absolute atomic E-state index is 0.122. The number of nitrogens with zero attached hydrogens (tertiary/aromatic N) is 2. The Kier molecular flexibility index (Phi) is 4.61. The van der Waals surface area contributed by atoms with E-state index in [9.17, 15) is 8.42 Å². The molecule has 0 saturated carbocycles. The highest BCUT2D eigenvalue weighted by Gasteiger charge is 2.27.